The Kier molecular flexibility index (Phi) is 3.43. The van der Waals surface area contributed by atoms with Gasteiger partial charge in [0.2, 0.25) is 0 Å². The van der Waals surface area contributed by atoms with Gasteiger partial charge < -0.3 is 4.74 Å². The SMILES string of the molecule is COc1nc(-c2ccc(C(F)(F)F)c(F)c2)[nH]c(=O)n1. The van der Waals surface area contributed by atoms with Gasteiger partial charge in [-0.05, 0) is 12.1 Å². The van der Waals surface area contributed by atoms with Crippen molar-refractivity contribution in [3.05, 3.63) is 40.1 Å². The van der Waals surface area contributed by atoms with Gasteiger partial charge >= 0.3 is 17.9 Å². The molecule has 0 radical (unpaired) electrons. The molecule has 0 atom stereocenters. The van der Waals surface area contributed by atoms with Crippen molar-refractivity contribution in [1.29, 1.82) is 0 Å². The lowest BCUT2D eigenvalue weighted by molar-refractivity contribution is -0.139. The molecule has 1 heterocycles. The fraction of sp³-hybridized carbons (Fsp3) is 0.182. The van der Waals surface area contributed by atoms with Crippen LogP contribution >= 0.6 is 0 Å². The summed E-state index contributed by atoms with van der Waals surface area (Å²) in [6.07, 6.45) is -4.79. The van der Waals surface area contributed by atoms with E-state index in [2.05, 4.69) is 19.7 Å². The third-order valence-corrected chi connectivity index (χ3v) is 2.36. The number of aromatic amines is 1. The van der Waals surface area contributed by atoms with E-state index < -0.39 is 23.2 Å². The molecule has 20 heavy (non-hydrogen) atoms. The zero-order valence-electron chi connectivity index (χ0n) is 9.95. The van der Waals surface area contributed by atoms with Gasteiger partial charge in [-0.25, -0.2) is 9.18 Å². The van der Waals surface area contributed by atoms with E-state index in [0.29, 0.717) is 12.1 Å². The predicted molar refractivity (Wildman–Crippen MR) is 59.6 cm³/mol. The van der Waals surface area contributed by atoms with Gasteiger partial charge in [0.15, 0.2) is 0 Å². The molecule has 106 valence electrons. The second-order valence-corrected chi connectivity index (χ2v) is 3.68. The van der Waals surface area contributed by atoms with Gasteiger partial charge in [-0.15, -0.1) is 4.98 Å². The molecule has 1 aromatic carbocycles. The summed E-state index contributed by atoms with van der Waals surface area (Å²) in [5.41, 5.74) is -2.25. The van der Waals surface area contributed by atoms with Crippen molar-refractivity contribution in [3.8, 4) is 17.4 Å². The van der Waals surface area contributed by atoms with Gasteiger partial charge in [0.05, 0.1) is 12.7 Å². The van der Waals surface area contributed by atoms with Crippen LogP contribution in [0.25, 0.3) is 11.4 Å². The predicted octanol–water partition coefficient (Wildman–Crippen LogP) is 2.00. The fourth-order valence-electron chi connectivity index (χ4n) is 1.49. The molecule has 1 N–H and O–H groups in total. The average Bonchev–Trinajstić information content (AvgIpc) is 2.36. The van der Waals surface area contributed by atoms with Crippen LogP contribution < -0.4 is 10.4 Å². The van der Waals surface area contributed by atoms with Gasteiger partial charge in [0, 0.05) is 5.56 Å². The summed E-state index contributed by atoms with van der Waals surface area (Å²) in [7, 11) is 1.21. The zero-order valence-corrected chi connectivity index (χ0v) is 9.95. The number of ether oxygens (including phenoxy) is 1. The van der Waals surface area contributed by atoms with Gasteiger partial charge in [-0.2, -0.15) is 18.2 Å². The standard InChI is InChI=1S/C11H7F4N3O2/c1-20-10-17-8(16-9(19)18-10)5-2-3-6(7(12)4-5)11(13,14)15/h2-4H,1H3,(H,16,17,18,19). The molecule has 0 amide bonds. The normalized spacial score (nSPS) is 11.4. The minimum Gasteiger partial charge on any atom is -0.467 e. The number of hydrogen-bond donors (Lipinski definition) is 1. The van der Waals surface area contributed by atoms with Gasteiger partial charge in [0.25, 0.3) is 0 Å². The molecule has 2 aromatic rings. The molecule has 0 saturated carbocycles. The molecule has 9 heteroatoms. The van der Waals surface area contributed by atoms with Crippen molar-refractivity contribution in [3.63, 3.8) is 0 Å². The molecule has 0 unspecified atom stereocenters. The highest BCUT2D eigenvalue weighted by molar-refractivity contribution is 5.55. The second kappa shape index (κ2) is 4.91. The van der Waals surface area contributed by atoms with E-state index in [4.69, 9.17) is 0 Å². The first-order valence-electron chi connectivity index (χ1n) is 5.20. The monoisotopic (exact) mass is 289 g/mol. The van der Waals surface area contributed by atoms with E-state index >= 15 is 0 Å². The number of alkyl halides is 3. The average molecular weight is 289 g/mol. The first kappa shape index (κ1) is 14.0. The third kappa shape index (κ3) is 2.76. The lowest BCUT2D eigenvalue weighted by Crippen LogP contribution is -2.14. The molecule has 5 nitrogen and oxygen atoms in total. The first-order chi connectivity index (χ1) is 9.31. The Hall–Kier alpha value is -2.45. The quantitative estimate of drug-likeness (QED) is 0.859. The summed E-state index contributed by atoms with van der Waals surface area (Å²) < 4.78 is 55.3. The van der Waals surface area contributed by atoms with Crippen LogP contribution in [-0.4, -0.2) is 22.1 Å². The molecular weight excluding hydrogens is 282 g/mol. The minimum atomic E-state index is -4.79. The summed E-state index contributed by atoms with van der Waals surface area (Å²) in [6.45, 7) is 0. The number of nitrogens with one attached hydrogen (secondary N) is 1. The lowest BCUT2D eigenvalue weighted by atomic mass is 10.1. The molecule has 2 rings (SSSR count). The van der Waals surface area contributed by atoms with Crippen molar-refractivity contribution < 1.29 is 22.3 Å². The maximum absolute atomic E-state index is 13.4. The number of H-pyrrole nitrogens is 1. The van der Waals surface area contributed by atoms with Crippen LogP contribution in [0.3, 0.4) is 0 Å². The molecule has 0 aliphatic carbocycles. The molecule has 1 aromatic heterocycles. The Morgan fingerprint density at radius 1 is 1.25 bits per heavy atom. The maximum Gasteiger partial charge on any atom is 0.419 e. The number of nitrogens with zero attached hydrogens (tertiary/aromatic N) is 2. The minimum absolute atomic E-state index is 0.0340. The molecule has 0 aliphatic heterocycles. The number of rotatable bonds is 2. The van der Waals surface area contributed by atoms with Crippen molar-refractivity contribution in [2.75, 3.05) is 7.11 Å². The first-order valence-corrected chi connectivity index (χ1v) is 5.20. The van der Waals surface area contributed by atoms with E-state index in [1.807, 2.05) is 0 Å². The van der Waals surface area contributed by atoms with Gasteiger partial charge in [-0.3, -0.25) is 4.98 Å². The third-order valence-electron chi connectivity index (χ3n) is 2.36. The van der Waals surface area contributed by atoms with Gasteiger partial charge in [-0.1, -0.05) is 6.07 Å². The molecule has 0 aliphatic rings. The lowest BCUT2D eigenvalue weighted by Gasteiger charge is -2.09. The van der Waals surface area contributed by atoms with Crippen molar-refractivity contribution >= 4 is 0 Å². The van der Waals surface area contributed by atoms with E-state index in [1.165, 1.54) is 7.11 Å². The van der Waals surface area contributed by atoms with Crippen LogP contribution in [0.15, 0.2) is 23.0 Å². The second-order valence-electron chi connectivity index (χ2n) is 3.68. The molecule has 0 saturated heterocycles. The van der Waals surface area contributed by atoms with E-state index in [1.54, 1.807) is 0 Å². The van der Waals surface area contributed by atoms with Crippen molar-refractivity contribution in [1.82, 2.24) is 15.0 Å². The smallest absolute Gasteiger partial charge is 0.419 e. The highest BCUT2D eigenvalue weighted by atomic mass is 19.4. The van der Waals surface area contributed by atoms with E-state index in [0.717, 1.165) is 6.07 Å². The highest BCUT2D eigenvalue weighted by Gasteiger charge is 2.34. The van der Waals surface area contributed by atoms with Crippen LogP contribution in [0.2, 0.25) is 0 Å². The number of halogens is 4. The summed E-state index contributed by atoms with van der Waals surface area (Å²) >= 11 is 0. The number of methoxy groups -OCH3 is 1. The molecular formula is C11H7F4N3O2. The Balaban J connectivity index is 2.52. The topological polar surface area (TPSA) is 67.9 Å². The van der Waals surface area contributed by atoms with Crippen LogP contribution in [0.5, 0.6) is 6.01 Å². The van der Waals surface area contributed by atoms with Crippen LogP contribution in [-0.2, 0) is 6.18 Å². The summed E-state index contributed by atoms with van der Waals surface area (Å²) in [6, 6.07) is 1.91. The largest absolute Gasteiger partial charge is 0.467 e. The molecule has 0 spiro atoms. The van der Waals surface area contributed by atoms with Crippen molar-refractivity contribution in [2.45, 2.75) is 6.18 Å². The number of benzene rings is 1. The van der Waals surface area contributed by atoms with Crippen LogP contribution in [0.4, 0.5) is 17.6 Å². The van der Waals surface area contributed by atoms with E-state index in [9.17, 15) is 22.4 Å². The van der Waals surface area contributed by atoms with Crippen LogP contribution in [0.1, 0.15) is 5.56 Å². The Bertz CT molecular complexity index is 697. The Labute approximate surface area is 109 Å². The van der Waals surface area contributed by atoms with E-state index in [-0.39, 0.29) is 17.4 Å². The maximum atomic E-state index is 13.4. The Morgan fingerprint density at radius 2 is 1.95 bits per heavy atom. The number of aromatic nitrogens is 3. The van der Waals surface area contributed by atoms with Gasteiger partial charge in [0.1, 0.15) is 11.6 Å². The highest BCUT2D eigenvalue weighted by Crippen LogP contribution is 2.32. The molecule has 0 bridgehead atoms. The summed E-state index contributed by atoms with van der Waals surface area (Å²) in [4.78, 5) is 20.4. The molecule has 0 fully saturated rings. The van der Waals surface area contributed by atoms with Crippen LogP contribution in [0, 0.1) is 5.82 Å². The Morgan fingerprint density at radius 3 is 2.50 bits per heavy atom. The summed E-state index contributed by atoms with van der Waals surface area (Å²) in [5, 5.41) is 0. The zero-order chi connectivity index (χ0) is 14.9. The summed E-state index contributed by atoms with van der Waals surface area (Å²) in [5.74, 6) is -1.61. The fourth-order valence-corrected chi connectivity index (χ4v) is 1.49. The van der Waals surface area contributed by atoms with Crippen molar-refractivity contribution in [2.24, 2.45) is 0 Å². The number of hydrogen-bond acceptors (Lipinski definition) is 4.